The highest BCUT2D eigenvalue weighted by atomic mass is 32.2. The molecule has 6 rings (SSSR count). The van der Waals surface area contributed by atoms with Gasteiger partial charge in [0.25, 0.3) is 5.91 Å². The Morgan fingerprint density at radius 2 is 1.91 bits per heavy atom. The summed E-state index contributed by atoms with van der Waals surface area (Å²) < 4.78 is 45.1. The average molecular weight is 756 g/mol. The Kier molecular flexibility index (Phi) is 10.6. The molecular formula is C37H49N5O10S. The lowest BCUT2D eigenvalue weighted by atomic mass is 9.88. The van der Waals surface area contributed by atoms with Gasteiger partial charge in [0.05, 0.1) is 31.2 Å². The van der Waals surface area contributed by atoms with Crippen molar-refractivity contribution in [1.82, 2.24) is 25.2 Å². The third-order valence-corrected chi connectivity index (χ3v) is 13.3. The van der Waals surface area contributed by atoms with Crippen LogP contribution in [0.4, 0.5) is 4.79 Å². The molecule has 3 fully saturated rings. The number of nitrogens with one attached hydrogen (secondary N) is 3. The van der Waals surface area contributed by atoms with E-state index >= 15 is 0 Å². The summed E-state index contributed by atoms with van der Waals surface area (Å²) in [5.74, 6) is -1.53. The highest BCUT2D eigenvalue weighted by Gasteiger charge is 2.63. The SMILES string of the molecule is CCOc1cnc(O[C@@H]2C[C@H]3C(=O)N[C@]4(C(=O)NS(=O)(=O)C5(C)CC5)C[C@H]4C=CCC[C@@H](C)C[C@@H](C)[C@H](NC(=O)O)C(=O)N3C2)c2ccc(OC)cc12. The molecule has 4 amide bonds. The molecule has 0 radical (unpaired) electrons. The number of carboxylic acid groups (broad SMARTS) is 1. The third kappa shape index (κ3) is 7.73. The number of amides is 4. The molecule has 53 heavy (non-hydrogen) atoms. The number of ether oxygens (including phenoxy) is 3. The molecule has 1 aromatic carbocycles. The van der Waals surface area contributed by atoms with Gasteiger partial charge in [0, 0.05) is 23.1 Å². The number of hydrogen-bond acceptors (Lipinski definition) is 10. The zero-order valence-corrected chi connectivity index (χ0v) is 31.5. The van der Waals surface area contributed by atoms with E-state index in [-0.39, 0.29) is 31.2 Å². The quantitative estimate of drug-likeness (QED) is 0.273. The first-order valence-corrected chi connectivity index (χ1v) is 19.7. The minimum absolute atomic E-state index is 0.0107. The molecule has 4 aliphatic rings. The van der Waals surface area contributed by atoms with Crippen molar-refractivity contribution in [2.45, 2.75) is 101 Å². The van der Waals surface area contributed by atoms with Crippen LogP contribution in [0, 0.1) is 17.8 Å². The fraction of sp³-hybridized carbons (Fsp3) is 0.595. The summed E-state index contributed by atoms with van der Waals surface area (Å²) in [4.78, 5) is 60.4. The largest absolute Gasteiger partial charge is 0.497 e. The number of rotatable bonds is 9. The van der Waals surface area contributed by atoms with Gasteiger partial charge in [-0.25, -0.2) is 18.2 Å². The molecule has 3 heterocycles. The van der Waals surface area contributed by atoms with E-state index in [0.717, 1.165) is 6.42 Å². The minimum atomic E-state index is -4.01. The Morgan fingerprint density at radius 3 is 2.58 bits per heavy atom. The van der Waals surface area contributed by atoms with E-state index in [1.165, 1.54) is 11.1 Å². The van der Waals surface area contributed by atoms with Crippen LogP contribution in [0.3, 0.4) is 0 Å². The van der Waals surface area contributed by atoms with Gasteiger partial charge < -0.3 is 34.9 Å². The number of hydrogen-bond donors (Lipinski definition) is 4. The van der Waals surface area contributed by atoms with Crippen molar-refractivity contribution in [3.63, 3.8) is 0 Å². The van der Waals surface area contributed by atoms with Crippen molar-refractivity contribution in [1.29, 1.82) is 0 Å². The summed E-state index contributed by atoms with van der Waals surface area (Å²) in [6, 6.07) is 2.98. The maximum Gasteiger partial charge on any atom is 0.405 e. The number of aromatic nitrogens is 1. The highest BCUT2D eigenvalue weighted by molar-refractivity contribution is 7.91. The molecule has 0 bridgehead atoms. The number of fused-ring (bicyclic) bond motifs is 3. The summed E-state index contributed by atoms with van der Waals surface area (Å²) in [6.07, 6.45) is 6.09. The fourth-order valence-corrected chi connectivity index (χ4v) is 8.86. The lowest BCUT2D eigenvalue weighted by Gasteiger charge is -2.32. The first kappa shape index (κ1) is 38.1. The van der Waals surface area contributed by atoms with Gasteiger partial charge in [-0.05, 0) is 82.4 Å². The summed E-state index contributed by atoms with van der Waals surface area (Å²) in [6.45, 7) is 7.58. The topological polar surface area (TPSA) is 203 Å². The van der Waals surface area contributed by atoms with Crippen molar-refractivity contribution < 1.29 is 46.9 Å². The van der Waals surface area contributed by atoms with Crippen LogP contribution in [-0.2, 0) is 24.4 Å². The van der Waals surface area contributed by atoms with Crippen LogP contribution in [-0.4, -0.2) is 96.0 Å². The molecule has 1 saturated heterocycles. The van der Waals surface area contributed by atoms with Crippen LogP contribution in [0.5, 0.6) is 17.4 Å². The second-order valence-electron chi connectivity index (χ2n) is 15.2. The maximum absolute atomic E-state index is 14.4. The molecule has 16 heteroatoms. The number of nitrogens with zero attached hydrogens (tertiary/aromatic N) is 2. The molecule has 2 saturated carbocycles. The summed E-state index contributed by atoms with van der Waals surface area (Å²) >= 11 is 0. The number of sulfonamides is 1. The summed E-state index contributed by atoms with van der Waals surface area (Å²) in [5, 5.41) is 16.3. The van der Waals surface area contributed by atoms with Gasteiger partial charge >= 0.3 is 6.09 Å². The molecule has 0 spiro atoms. The van der Waals surface area contributed by atoms with Gasteiger partial charge in [-0.3, -0.25) is 19.1 Å². The monoisotopic (exact) mass is 755 g/mol. The minimum Gasteiger partial charge on any atom is -0.497 e. The highest BCUT2D eigenvalue weighted by Crippen LogP contribution is 2.47. The smallest absolute Gasteiger partial charge is 0.405 e. The molecule has 288 valence electrons. The van der Waals surface area contributed by atoms with E-state index < -0.39 is 74.1 Å². The first-order valence-electron chi connectivity index (χ1n) is 18.2. The normalized spacial score (nSPS) is 29.8. The maximum atomic E-state index is 14.4. The van der Waals surface area contributed by atoms with Gasteiger partial charge in [0.1, 0.15) is 35.2 Å². The molecule has 15 nitrogen and oxygen atoms in total. The number of benzene rings is 1. The first-order chi connectivity index (χ1) is 25.1. The van der Waals surface area contributed by atoms with Gasteiger partial charge in [-0.15, -0.1) is 0 Å². The lowest BCUT2D eigenvalue weighted by molar-refractivity contribution is -0.142. The van der Waals surface area contributed by atoms with Crippen molar-refractivity contribution in [2.75, 3.05) is 20.3 Å². The molecule has 7 atom stereocenters. The van der Waals surface area contributed by atoms with Crippen molar-refractivity contribution in [3.8, 4) is 17.4 Å². The Balaban J connectivity index is 1.35. The molecule has 2 aromatic rings. The Labute approximate surface area is 309 Å². The molecule has 1 aromatic heterocycles. The fourth-order valence-electron chi connectivity index (χ4n) is 7.55. The van der Waals surface area contributed by atoms with E-state index in [9.17, 15) is 32.7 Å². The zero-order chi connectivity index (χ0) is 38.3. The van der Waals surface area contributed by atoms with Gasteiger partial charge in [-0.1, -0.05) is 26.0 Å². The predicted octanol–water partition coefficient (Wildman–Crippen LogP) is 3.51. The van der Waals surface area contributed by atoms with E-state index in [4.69, 9.17) is 14.2 Å². The molecule has 4 N–H and O–H groups in total. The van der Waals surface area contributed by atoms with Crippen LogP contribution in [0.15, 0.2) is 36.5 Å². The number of allylic oxidation sites excluding steroid dienone is 1. The molecule has 2 aliphatic heterocycles. The van der Waals surface area contributed by atoms with E-state index in [1.807, 2.05) is 32.9 Å². The number of pyridine rings is 1. The second-order valence-corrected chi connectivity index (χ2v) is 17.4. The van der Waals surface area contributed by atoms with E-state index in [0.29, 0.717) is 54.6 Å². The van der Waals surface area contributed by atoms with Crippen molar-refractivity contribution in [2.24, 2.45) is 17.8 Å². The molecule has 2 aliphatic carbocycles. The van der Waals surface area contributed by atoms with Crippen LogP contribution in [0.1, 0.15) is 72.6 Å². The third-order valence-electron chi connectivity index (χ3n) is 11.1. The molecular weight excluding hydrogens is 706 g/mol. The van der Waals surface area contributed by atoms with Crippen LogP contribution in [0.2, 0.25) is 0 Å². The van der Waals surface area contributed by atoms with E-state index in [1.54, 1.807) is 32.2 Å². The molecule has 0 unspecified atom stereocenters. The van der Waals surface area contributed by atoms with Crippen LogP contribution >= 0.6 is 0 Å². The van der Waals surface area contributed by atoms with Gasteiger partial charge in [-0.2, -0.15) is 0 Å². The Hall–Kier alpha value is -4.60. The van der Waals surface area contributed by atoms with Crippen LogP contribution < -0.4 is 29.6 Å². The van der Waals surface area contributed by atoms with Crippen molar-refractivity contribution in [3.05, 3.63) is 36.5 Å². The predicted molar refractivity (Wildman–Crippen MR) is 194 cm³/mol. The Bertz CT molecular complexity index is 1920. The lowest BCUT2D eigenvalue weighted by Crippen LogP contribution is -2.59. The number of carbonyl (C=O) groups excluding carboxylic acids is 3. The summed E-state index contributed by atoms with van der Waals surface area (Å²) in [7, 11) is -2.46. The Morgan fingerprint density at radius 1 is 1.15 bits per heavy atom. The van der Waals surface area contributed by atoms with Gasteiger partial charge in [0.2, 0.25) is 27.7 Å². The number of carbonyl (C=O) groups is 4. The average Bonchev–Trinajstić information content (AvgIpc) is 3.99. The second kappa shape index (κ2) is 14.7. The van der Waals surface area contributed by atoms with Crippen LogP contribution in [0.25, 0.3) is 10.8 Å². The van der Waals surface area contributed by atoms with Crippen molar-refractivity contribution >= 4 is 44.6 Å². The number of methoxy groups -OCH3 is 1. The van der Waals surface area contributed by atoms with E-state index in [2.05, 4.69) is 20.3 Å². The van der Waals surface area contributed by atoms with Gasteiger partial charge in [0.15, 0.2) is 0 Å². The standard InChI is InChI=1S/C37H49N5O10S/c1-6-51-29-19-38-32(26-12-11-24(50-5)16-27(26)29)52-25-17-28-31(43)40-37(34(45)41-53(48,49)36(4)13-14-36)18-23(37)10-8-7-9-21(2)15-22(3)30(39-35(46)47)33(44)42(28)20-25/h8,10-12,16,19,21-23,25,28,30,39H,6-7,9,13-15,17-18,20H2,1-5H3,(H,40,43)(H,41,45)(H,46,47)/t21-,22-,23-,25-,28+,30+,37-/m1/s1. The zero-order valence-electron chi connectivity index (χ0n) is 30.7. The summed E-state index contributed by atoms with van der Waals surface area (Å²) in [5.41, 5.74) is -1.55.